The third kappa shape index (κ3) is 2.98. The second-order valence-corrected chi connectivity index (χ2v) is 5.93. The highest BCUT2D eigenvalue weighted by molar-refractivity contribution is 7.80. The summed E-state index contributed by atoms with van der Waals surface area (Å²) in [5.41, 5.74) is 7.35. The molecule has 5 heteroatoms. The molecule has 1 saturated carbocycles. The van der Waals surface area contributed by atoms with E-state index in [1.807, 2.05) is 13.0 Å². The highest BCUT2D eigenvalue weighted by Gasteiger charge is 2.42. The van der Waals surface area contributed by atoms with Crippen LogP contribution in [0.5, 0.6) is 0 Å². The van der Waals surface area contributed by atoms with E-state index in [0.29, 0.717) is 11.5 Å². The van der Waals surface area contributed by atoms with Crippen molar-refractivity contribution in [1.29, 1.82) is 0 Å². The summed E-state index contributed by atoms with van der Waals surface area (Å²) in [5.74, 6) is -0.0343. The molecule has 1 amide bonds. The van der Waals surface area contributed by atoms with Crippen molar-refractivity contribution in [3.05, 3.63) is 29.6 Å². The molecule has 4 nitrogen and oxygen atoms in total. The van der Waals surface area contributed by atoms with Crippen LogP contribution in [0.4, 0.5) is 0 Å². The molecule has 1 aromatic heterocycles. The average Bonchev–Trinajstić information content (AvgIpc) is 2.46. The topological polar surface area (TPSA) is 68.0 Å². The molecule has 1 aliphatic rings. The van der Waals surface area contributed by atoms with E-state index in [1.54, 1.807) is 12.4 Å². The predicted octanol–water partition coefficient (Wildman–Crippen LogP) is 2.24. The first kappa shape index (κ1) is 14.9. The summed E-state index contributed by atoms with van der Waals surface area (Å²) in [5, 5.41) is 2.99. The number of nitrogens with zero attached hydrogens (tertiary/aromatic N) is 1. The largest absolute Gasteiger partial charge is 0.392 e. The maximum absolute atomic E-state index is 12.5. The Morgan fingerprint density at radius 2 is 2.15 bits per heavy atom. The van der Waals surface area contributed by atoms with Crippen molar-refractivity contribution in [2.75, 3.05) is 0 Å². The maximum Gasteiger partial charge on any atom is 0.233 e. The van der Waals surface area contributed by atoms with Crippen molar-refractivity contribution >= 4 is 23.1 Å². The summed E-state index contributed by atoms with van der Waals surface area (Å²) in [7, 11) is 0. The van der Waals surface area contributed by atoms with Gasteiger partial charge in [0.1, 0.15) is 0 Å². The molecule has 1 heterocycles. The Balaban J connectivity index is 2.06. The van der Waals surface area contributed by atoms with E-state index in [4.69, 9.17) is 18.0 Å². The van der Waals surface area contributed by atoms with Gasteiger partial charge in [-0.15, -0.1) is 0 Å². The predicted molar refractivity (Wildman–Crippen MR) is 83.1 cm³/mol. The lowest BCUT2D eigenvalue weighted by molar-refractivity contribution is -0.129. The SMILES string of the molecule is Cc1ccncc1CNC(=O)C1(C(N)=S)CCCCC1. The second-order valence-electron chi connectivity index (χ2n) is 5.49. The number of carbonyl (C=O) groups is 1. The van der Waals surface area contributed by atoms with Crippen molar-refractivity contribution in [1.82, 2.24) is 10.3 Å². The number of hydrogen-bond donors (Lipinski definition) is 2. The van der Waals surface area contributed by atoms with Crippen LogP contribution in [0.25, 0.3) is 0 Å². The molecular formula is C15H21N3OS. The third-order valence-electron chi connectivity index (χ3n) is 4.20. The van der Waals surface area contributed by atoms with Crippen LogP contribution in [0.2, 0.25) is 0 Å². The number of hydrogen-bond acceptors (Lipinski definition) is 3. The van der Waals surface area contributed by atoms with E-state index < -0.39 is 5.41 Å². The van der Waals surface area contributed by atoms with E-state index in [0.717, 1.165) is 43.2 Å². The van der Waals surface area contributed by atoms with E-state index in [2.05, 4.69) is 10.3 Å². The number of aromatic nitrogens is 1. The van der Waals surface area contributed by atoms with Crippen LogP contribution in [-0.4, -0.2) is 15.9 Å². The third-order valence-corrected chi connectivity index (χ3v) is 4.59. The van der Waals surface area contributed by atoms with Crippen LogP contribution in [0.1, 0.15) is 43.2 Å². The van der Waals surface area contributed by atoms with Gasteiger partial charge < -0.3 is 11.1 Å². The zero-order valence-corrected chi connectivity index (χ0v) is 12.6. The number of nitrogens with one attached hydrogen (secondary N) is 1. The van der Waals surface area contributed by atoms with Crippen molar-refractivity contribution in [2.45, 2.75) is 45.6 Å². The number of nitrogens with two attached hydrogens (primary N) is 1. The van der Waals surface area contributed by atoms with E-state index in [9.17, 15) is 4.79 Å². The van der Waals surface area contributed by atoms with Gasteiger partial charge in [-0.2, -0.15) is 0 Å². The summed E-state index contributed by atoms with van der Waals surface area (Å²) in [6.07, 6.45) is 8.23. The number of aryl methyl sites for hydroxylation is 1. The summed E-state index contributed by atoms with van der Waals surface area (Å²) < 4.78 is 0. The second kappa shape index (κ2) is 6.31. The van der Waals surface area contributed by atoms with Crippen LogP contribution in [-0.2, 0) is 11.3 Å². The zero-order valence-electron chi connectivity index (χ0n) is 11.8. The van der Waals surface area contributed by atoms with Crippen LogP contribution in [0.15, 0.2) is 18.5 Å². The Bertz CT molecular complexity index is 510. The molecule has 2 rings (SSSR count). The van der Waals surface area contributed by atoms with E-state index >= 15 is 0 Å². The average molecular weight is 291 g/mol. The minimum absolute atomic E-state index is 0.0343. The van der Waals surface area contributed by atoms with Gasteiger partial charge in [0.25, 0.3) is 0 Å². The van der Waals surface area contributed by atoms with Gasteiger partial charge in [-0.05, 0) is 37.0 Å². The first-order chi connectivity index (χ1) is 9.56. The smallest absolute Gasteiger partial charge is 0.233 e. The molecule has 108 valence electrons. The molecule has 1 aromatic rings. The van der Waals surface area contributed by atoms with Crippen molar-refractivity contribution in [3.8, 4) is 0 Å². The van der Waals surface area contributed by atoms with Gasteiger partial charge in [0, 0.05) is 18.9 Å². The molecule has 20 heavy (non-hydrogen) atoms. The molecule has 0 aromatic carbocycles. The first-order valence-corrected chi connectivity index (χ1v) is 7.45. The Kier molecular flexibility index (Phi) is 4.70. The molecule has 0 saturated heterocycles. The lowest BCUT2D eigenvalue weighted by Crippen LogP contribution is -2.49. The first-order valence-electron chi connectivity index (χ1n) is 7.04. The minimum Gasteiger partial charge on any atom is -0.392 e. The van der Waals surface area contributed by atoms with Crippen molar-refractivity contribution in [3.63, 3.8) is 0 Å². The molecule has 0 atom stereocenters. The van der Waals surface area contributed by atoms with Gasteiger partial charge >= 0.3 is 0 Å². The molecule has 3 N–H and O–H groups in total. The fraction of sp³-hybridized carbons (Fsp3) is 0.533. The van der Waals surface area contributed by atoms with Crippen molar-refractivity contribution < 1.29 is 4.79 Å². The lowest BCUT2D eigenvalue weighted by Gasteiger charge is -2.34. The number of rotatable bonds is 4. The summed E-state index contributed by atoms with van der Waals surface area (Å²) in [6.45, 7) is 2.48. The fourth-order valence-corrected chi connectivity index (χ4v) is 3.06. The number of thiocarbonyl (C=S) groups is 1. The molecule has 0 unspecified atom stereocenters. The van der Waals surface area contributed by atoms with E-state index in [1.165, 1.54) is 0 Å². The molecule has 0 radical (unpaired) electrons. The molecule has 1 aliphatic carbocycles. The van der Waals surface area contributed by atoms with Gasteiger partial charge in [-0.3, -0.25) is 9.78 Å². The molecular weight excluding hydrogens is 270 g/mol. The normalized spacial score (nSPS) is 17.4. The highest BCUT2D eigenvalue weighted by Crippen LogP contribution is 2.37. The summed E-state index contributed by atoms with van der Waals surface area (Å²) in [6, 6.07) is 1.94. The maximum atomic E-state index is 12.5. The van der Waals surface area contributed by atoms with Crippen LogP contribution >= 0.6 is 12.2 Å². The Labute approximate surface area is 125 Å². The standard InChI is InChI=1S/C15H21N3OS/c1-11-5-8-17-9-12(11)10-18-14(19)15(13(16)20)6-3-2-4-7-15/h5,8-9H,2-4,6-7,10H2,1H3,(H2,16,20)(H,18,19). The lowest BCUT2D eigenvalue weighted by atomic mass is 9.73. The quantitative estimate of drug-likeness (QED) is 0.835. The van der Waals surface area contributed by atoms with Gasteiger partial charge in [0.05, 0.1) is 10.4 Å². The van der Waals surface area contributed by atoms with Gasteiger partial charge in [-0.1, -0.05) is 31.5 Å². The van der Waals surface area contributed by atoms with Crippen LogP contribution < -0.4 is 11.1 Å². The molecule has 1 fully saturated rings. The summed E-state index contributed by atoms with van der Waals surface area (Å²) in [4.78, 5) is 17.0. The summed E-state index contributed by atoms with van der Waals surface area (Å²) >= 11 is 5.17. The van der Waals surface area contributed by atoms with Gasteiger partial charge in [0.15, 0.2) is 0 Å². The number of pyridine rings is 1. The molecule has 0 aliphatic heterocycles. The van der Waals surface area contributed by atoms with Crippen LogP contribution in [0.3, 0.4) is 0 Å². The highest BCUT2D eigenvalue weighted by atomic mass is 32.1. The Morgan fingerprint density at radius 1 is 1.45 bits per heavy atom. The van der Waals surface area contributed by atoms with Gasteiger partial charge in [-0.25, -0.2) is 0 Å². The van der Waals surface area contributed by atoms with Gasteiger partial charge in [0.2, 0.25) is 5.91 Å². The zero-order chi connectivity index (χ0) is 14.6. The molecule has 0 bridgehead atoms. The minimum atomic E-state index is -0.649. The molecule has 0 spiro atoms. The van der Waals surface area contributed by atoms with E-state index in [-0.39, 0.29) is 5.91 Å². The Hall–Kier alpha value is -1.49. The van der Waals surface area contributed by atoms with Crippen LogP contribution in [0, 0.1) is 12.3 Å². The fourth-order valence-electron chi connectivity index (χ4n) is 2.77. The number of carbonyl (C=O) groups excluding carboxylic acids is 1. The Morgan fingerprint density at radius 3 is 2.75 bits per heavy atom. The monoisotopic (exact) mass is 291 g/mol. The number of amides is 1. The van der Waals surface area contributed by atoms with Crippen molar-refractivity contribution in [2.24, 2.45) is 11.1 Å².